The molecule has 0 aromatic heterocycles. The molecular formula is C13H15F4NO. The van der Waals surface area contributed by atoms with Crippen molar-refractivity contribution in [3.05, 3.63) is 29.6 Å². The molecule has 1 N–H and O–H groups in total. The van der Waals surface area contributed by atoms with Gasteiger partial charge in [-0.3, -0.25) is 0 Å². The third kappa shape index (κ3) is 3.00. The number of alkyl halides is 3. The molecule has 0 amide bonds. The van der Waals surface area contributed by atoms with Gasteiger partial charge < -0.3 is 10.0 Å². The molecule has 2 nitrogen and oxygen atoms in total. The standard InChI is InChI=1S/C13H15F4NO/c1-8-7-18(5-4-12(8)19)11-3-2-9(6-10(11)14)13(15,16)17/h2-3,6,8,12,19H,4-5,7H2,1H3. The van der Waals surface area contributed by atoms with Gasteiger partial charge in [-0.2, -0.15) is 13.2 Å². The minimum Gasteiger partial charge on any atom is -0.393 e. The smallest absolute Gasteiger partial charge is 0.393 e. The molecule has 2 rings (SSSR count). The van der Waals surface area contributed by atoms with E-state index in [-0.39, 0.29) is 11.6 Å². The zero-order valence-corrected chi connectivity index (χ0v) is 10.4. The zero-order chi connectivity index (χ0) is 14.2. The first-order valence-electron chi connectivity index (χ1n) is 6.09. The molecule has 0 bridgehead atoms. The van der Waals surface area contributed by atoms with Crippen molar-refractivity contribution in [3.8, 4) is 0 Å². The van der Waals surface area contributed by atoms with Crippen molar-refractivity contribution in [1.82, 2.24) is 0 Å². The van der Waals surface area contributed by atoms with Gasteiger partial charge in [-0.05, 0) is 30.5 Å². The number of aliphatic hydroxyl groups is 1. The Morgan fingerprint density at radius 1 is 1.32 bits per heavy atom. The van der Waals surface area contributed by atoms with Crippen LogP contribution < -0.4 is 4.90 Å². The highest BCUT2D eigenvalue weighted by molar-refractivity contribution is 5.50. The number of benzene rings is 1. The van der Waals surface area contributed by atoms with E-state index in [1.165, 1.54) is 0 Å². The van der Waals surface area contributed by atoms with Gasteiger partial charge in [0.25, 0.3) is 0 Å². The molecule has 1 aliphatic heterocycles. The van der Waals surface area contributed by atoms with Gasteiger partial charge in [0.2, 0.25) is 0 Å². The molecule has 1 fully saturated rings. The summed E-state index contributed by atoms with van der Waals surface area (Å²) >= 11 is 0. The van der Waals surface area contributed by atoms with Crippen molar-refractivity contribution in [2.24, 2.45) is 5.92 Å². The lowest BCUT2D eigenvalue weighted by molar-refractivity contribution is -0.137. The van der Waals surface area contributed by atoms with Gasteiger partial charge in [-0.25, -0.2) is 4.39 Å². The summed E-state index contributed by atoms with van der Waals surface area (Å²) in [5.74, 6) is -0.908. The van der Waals surface area contributed by atoms with Crippen LogP contribution in [0.15, 0.2) is 18.2 Å². The highest BCUT2D eigenvalue weighted by atomic mass is 19.4. The molecule has 1 aliphatic rings. The van der Waals surface area contributed by atoms with Gasteiger partial charge in [0.1, 0.15) is 5.82 Å². The maximum atomic E-state index is 13.8. The second-order valence-corrected chi connectivity index (χ2v) is 4.94. The van der Waals surface area contributed by atoms with Crippen molar-refractivity contribution in [1.29, 1.82) is 0 Å². The Labute approximate surface area is 108 Å². The maximum Gasteiger partial charge on any atom is 0.416 e. The van der Waals surface area contributed by atoms with Gasteiger partial charge in [0, 0.05) is 13.1 Å². The van der Waals surface area contributed by atoms with Crippen molar-refractivity contribution in [2.75, 3.05) is 18.0 Å². The molecule has 0 spiro atoms. The van der Waals surface area contributed by atoms with E-state index < -0.39 is 23.7 Å². The average Bonchev–Trinajstić information content (AvgIpc) is 2.31. The summed E-state index contributed by atoms with van der Waals surface area (Å²) in [4.78, 5) is 1.67. The summed E-state index contributed by atoms with van der Waals surface area (Å²) in [5.41, 5.74) is -0.828. The Balaban J connectivity index is 2.22. The van der Waals surface area contributed by atoms with Crippen LogP contribution >= 0.6 is 0 Å². The van der Waals surface area contributed by atoms with E-state index in [1.54, 1.807) is 4.90 Å². The number of hydrogen-bond acceptors (Lipinski definition) is 2. The van der Waals surface area contributed by atoms with Crippen LogP contribution in [-0.2, 0) is 6.18 Å². The number of halogens is 4. The molecule has 1 aromatic carbocycles. The molecule has 1 saturated heterocycles. The lowest BCUT2D eigenvalue weighted by Gasteiger charge is -2.36. The largest absolute Gasteiger partial charge is 0.416 e. The number of rotatable bonds is 1. The number of nitrogens with zero attached hydrogens (tertiary/aromatic N) is 1. The van der Waals surface area contributed by atoms with Crippen LogP contribution in [0.5, 0.6) is 0 Å². The summed E-state index contributed by atoms with van der Waals surface area (Å²) in [6.07, 6.45) is -4.49. The third-order valence-corrected chi connectivity index (χ3v) is 3.48. The van der Waals surface area contributed by atoms with Crippen molar-refractivity contribution in [2.45, 2.75) is 25.6 Å². The Kier molecular flexibility index (Phi) is 3.71. The van der Waals surface area contributed by atoms with Crippen molar-refractivity contribution < 1.29 is 22.7 Å². The second kappa shape index (κ2) is 5.00. The predicted octanol–water partition coefficient (Wildman–Crippen LogP) is 3.05. The fraction of sp³-hybridized carbons (Fsp3) is 0.538. The van der Waals surface area contributed by atoms with E-state index in [2.05, 4.69) is 0 Å². The van der Waals surface area contributed by atoms with Crippen molar-refractivity contribution in [3.63, 3.8) is 0 Å². The second-order valence-electron chi connectivity index (χ2n) is 4.94. The van der Waals surface area contributed by atoms with Gasteiger partial charge in [0.05, 0.1) is 17.4 Å². The van der Waals surface area contributed by atoms with Gasteiger partial charge in [0.15, 0.2) is 0 Å². The molecule has 1 heterocycles. The third-order valence-electron chi connectivity index (χ3n) is 3.48. The molecule has 19 heavy (non-hydrogen) atoms. The normalized spacial score (nSPS) is 24.6. The molecule has 2 unspecified atom stereocenters. The van der Waals surface area contributed by atoms with Crippen molar-refractivity contribution >= 4 is 5.69 Å². The van der Waals surface area contributed by atoms with Crippen LogP contribution in [0, 0.1) is 11.7 Å². The minimum absolute atomic E-state index is 0.0320. The van der Waals surface area contributed by atoms with E-state index in [9.17, 15) is 22.7 Å². The zero-order valence-electron chi connectivity index (χ0n) is 10.4. The van der Waals surface area contributed by atoms with E-state index in [0.717, 1.165) is 12.1 Å². The average molecular weight is 277 g/mol. The maximum absolute atomic E-state index is 13.8. The van der Waals surface area contributed by atoms with E-state index >= 15 is 0 Å². The van der Waals surface area contributed by atoms with Gasteiger partial charge in [-0.1, -0.05) is 6.92 Å². The fourth-order valence-corrected chi connectivity index (χ4v) is 2.29. The van der Waals surface area contributed by atoms with E-state index in [0.29, 0.717) is 25.6 Å². The highest BCUT2D eigenvalue weighted by Gasteiger charge is 2.32. The molecule has 1 aromatic rings. The van der Waals surface area contributed by atoms with E-state index in [4.69, 9.17) is 0 Å². The summed E-state index contributed by atoms with van der Waals surface area (Å²) in [6, 6.07) is 2.56. The Morgan fingerprint density at radius 3 is 2.53 bits per heavy atom. The van der Waals surface area contributed by atoms with Crippen LogP contribution in [-0.4, -0.2) is 24.3 Å². The molecule has 106 valence electrons. The number of hydrogen-bond donors (Lipinski definition) is 1. The fourth-order valence-electron chi connectivity index (χ4n) is 2.29. The predicted molar refractivity (Wildman–Crippen MR) is 63.4 cm³/mol. The first-order chi connectivity index (χ1) is 8.79. The quantitative estimate of drug-likeness (QED) is 0.797. The molecular weight excluding hydrogens is 262 g/mol. The monoisotopic (exact) mass is 277 g/mol. The van der Waals surface area contributed by atoms with Crippen LogP contribution in [0.4, 0.5) is 23.2 Å². The van der Waals surface area contributed by atoms with E-state index in [1.807, 2.05) is 6.92 Å². The summed E-state index contributed by atoms with van der Waals surface area (Å²) in [7, 11) is 0. The summed E-state index contributed by atoms with van der Waals surface area (Å²) in [5, 5.41) is 9.59. The van der Waals surface area contributed by atoms with Gasteiger partial charge in [-0.15, -0.1) is 0 Å². The lowest BCUT2D eigenvalue weighted by Crippen LogP contribution is -2.42. The first-order valence-corrected chi connectivity index (χ1v) is 6.09. The van der Waals surface area contributed by atoms with Gasteiger partial charge >= 0.3 is 6.18 Å². The molecule has 0 saturated carbocycles. The number of piperidine rings is 1. The minimum atomic E-state index is -4.54. The Morgan fingerprint density at radius 2 is 2.00 bits per heavy atom. The summed E-state index contributed by atoms with van der Waals surface area (Å²) < 4.78 is 51.1. The summed E-state index contributed by atoms with van der Waals surface area (Å²) in [6.45, 7) is 2.70. The van der Waals surface area contributed by atoms with Crippen LogP contribution in [0.3, 0.4) is 0 Å². The Bertz CT molecular complexity index is 460. The molecule has 0 aliphatic carbocycles. The molecule has 2 atom stereocenters. The Hall–Kier alpha value is -1.30. The number of anilines is 1. The highest BCUT2D eigenvalue weighted by Crippen LogP contribution is 2.33. The topological polar surface area (TPSA) is 23.5 Å². The van der Waals surface area contributed by atoms with Crippen LogP contribution in [0.1, 0.15) is 18.9 Å². The lowest BCUT2D eigenvalue weighted by atomic mass is 9.96. The van der Waals surface area contributed by atoms with Crippen LogP contribution in [0.25, 0.3) is 0 Å². The first kappa shape index (κ1) is 14.1. The SMILES string of the molecule is CC1CN(c2ccc(C(F)(F)F)cc2F)CCC1O. The van der Waals surface area contributed by atoms with Crippen LogP contribution in [0.2, 0.25) is 0 Å². The number of aliphatic hydroxyl groups excluding tert-OH is 1. The molecule has 0 radical (unpaired) electrons. The molecule has 6 heteroatoms.